The first-order valence-electron chi connectivity index (χ1n) is 22.0. The summed E-state index contributed by atoms with van der Waals surface area (Å²) in [5, 5.41) is 9.90. The van der Waals surface area contributed by atoms with E-state index in [1.54, 1.807) is 0 Å². The Labute approximate surface area is 308 Å². The van der Waals surface area contributed by atoms with E-state index in [9.17, 15) is 14.7 Å². The predicted molar refractivity (Wildman–Crippen MR) is 220 cm³/mol. The molecule has 1 N–H and O–H groups in total. The van der Waals surface area contributed by atoms with E-state index in [2.05, 4.69) is 30.9 Å². The number of rotatable bonds is 36. The molecule has 0 unspecified atom stereocenters. The molecule has 0 amide bonds. The van der Waals surface area contributed by atoms with Crippen LogP contribution in [0.4, 0.5) is 5.69 Å². The Morgan fingerprint density at radius 3 is 0.960 bits per heavy atom. The maximum atomic E-state index is 12.0. The summed E-state index contributed by atoms with van der Waals surface area (Å²) in [4.78, 5) is 26.0. The molecule has 0 aliphatic heterocycles. The monoisotopic (exact) mass is 694 g/mol. The third-order valence-electron chi connectivity index (χ3n) is 11.0. The van der Waals surface area contributed by atoms with Crippen molar-refractivity contribution in [3.05, 3.63) is 44.7 Å². The molecule has 0 saturated heterocycles. The summed E-state index contributed by atoms with van der Waals surface area (Å²) in [5.41, 5.74) is 0.643. The Bertz CT molecular complexity index is 1080. The van der Waals surface area contributed by atoms with E-state index in [-0.39, 0.29) is 11.3 Å². The topological polar surface area (TPSA) is 57.6 Å². The number of nitrogens with zero attached hydrogens (tertiary/aromatic N) is 1. The summed E-state index contributed by atoms with van der Waals surface area (Å²) in [5.74, 6) is -0.388. The van der Waals surface area contributed by atoms with Crippen LogP contribution in [0, 0.1) is 0 Å². The van der Waals surface area contributed by atoms with Gasteiger partial charge in [0.1, 0.15) is 0 Å². The smallest absolute Gasteiger partial charge is 0.268 e. The Morgan fingerprint density at radius 2 is 0.680 bits per heavy atom. The molecule has 0 bridgehead atoms. The van der Waals surface area contributed by atoms with Crippen LogP contribution in [0.3, 0.4) is 0 Å². The molecule has 2 aromatic carbocycles. The zero-order chi connectivity index (χ0) is 35.9. The molecular weight excluding hydrogens is 615 g/mol. The lowest BCUT2D eigenvalue weighted by molar-refractivity contribution is 0.465. The van der Waals surface area contributed by atoms with E-state index in [0.717, 1.165) is 13.1 Å². The lowest BCUT2D eigenvalue weighted by Crippen LogP contribution is -2.31. The molecule has 0 aliphatic rings. The van der Waals surface area contributed by atoms with Gasteiger partial charge in [0.05, 0.1) is 5.56 Å². The van der Waals surface area contributed by atoms with Crippen molar-refractivity contribution in [2.24, 2.45) is 0 Å². The Morgan fingerprint density at radius 1 is 0.400 bits per heavy atom. The van der Waals surface area contributed by atoms with Crippen LogP contribution in [0.25, 0.3) is 11.1 Å². The molecule has 0 saturated carbocycles. The van der Waals surface area contributed by atoms with Gasteiger partial charge in [-0.05, 0) is 30.5 Å². The van der Waals surface area contributed by atoms with Gasteiger partial charge in [0.15, 0.2) is 5.75 Å². The number of hydrogen-bond acceptors (Lipinski definition) is 4. The third-order valence-corrected chi connectivity index (χ3v) is 11.0. The summed E-state index contributed by atoms with van der Waals surface area (Å²) >= 11 is 0. The lowest BCUT2D eigenvalue weighted by Gasteiger charge is -2.25. The van der Waals surface area contributed by atoms with Gasteiger partial charge in [-0.15, -0.1) is 0 Å². The van der Waals surface area contributed by atoms with Gasteiger partial charge in [-0.3, -0.25) is 9.59 Å². The quantitative estimate of drug-likeness (QED) is 0.0570. The Hall–Kier alpha value is -2.10. The molecule has 0 aliphatic carbocycles. The molecular formula is C46H79NO3. The number of unbranched alkanes of at least 4 members (excludes halogenated alkanes) is 30. The lowest BCUT2D eigenvalue weighted by atomic mass is 9.99. The first-order valence-corrected chi connectivity index (χ1v) is 22.0. The van der Waals surface area contributed by atoms with Crippen molar-refractivity contribution in [1.82, 2.24) is 0 Å². The summed E-state index contributed by atoms with van der Waals surface area (Å²) in [7, 11) is 0. The van der Waals surface area contributed by atoms with Crippen LogP contribution in [0.15, 0.2) is 33.9 Å². The highest BCUT2D eigenvalue weighted by atomic mass is 16.3. The number of aromatic hydroxyl groups is 1. The van der Waals surface area contributed by atoms with Crippen molar-refractivity contribution < 1.29 is 5.11 Å². The molecule has 2 rings (SSSR count). The molecule has 0 heterocycles. The number of anilines is 1. The first kappa shape index (κ1) is 44.1. The first-order chi connectivity index (χ1) is 24.6. The van der Waals surface area contributed by atoms with Crippen molar-refractivity contribution in [2.45, 2.75) is 219 Å². The average molecular weight is 694 g/mol. The minimum Gasteiger partial charge on any atom is -0.503 e. The van der Waals surface area contributed by atoms with E-state index in [1.165, 1.54) is 211 Å². The molecule has 2 aromatic rings. The van der Waals surface area contributed by atoms with Crippen LogP contribution in [-0.4, -0.2) is 18.2 Å². The zero-order valence-electron chi connectivity index (χ0n) is 33.1. The second-order valence-corrected chi connectivity index (χ2v) is 15.5. The Balaban J connectivity index is 1.59. The van der Waals surface area contributed by atoms with Gasteiger partial charge in [0.25, 0.3) is 5.43 Å². The van der Waals surface area contributed by atoms with Gasteiger partial charge < -0.3 is 10.0 Å². The summed E-state index contributed by atoms with van der Waals surface area (Å²) in [6.45, 7) is 6.70. The maximum Gasteiger partial charge on any atom is 0.268 e. The highest BCUT2D eigenvalue weighted by molar-refractivity contribution is 5.74. The molecule has 0 spiro atoms. The van der Waals surface area contributed by atoms with Gasteiger partial charge in [0.2, 0.25) is 5.43 Å². The minimum absolute atomic E-state index is 0.170. The van der Waals surface area contributed by atoms with Crippen LogP contribution in [-0.2, 0) is 0 Å². The van der Waals surface area contributed by atoms with Gasteiger partial charge in [-0.25, -0.2) is 0 Å². The van der Waals surface area contributed by atoms with Crippen molar-refractivity contribution in [3.63, 3.8) is 0 Å². The van der Waals surface area contributed by atoms with E-state index in [4.69, 9.17) is 0 Å². The molecule has 286 valence electrons. The summed E-state index contributed by atoms with van der Waals surface area (Å²) < 4.78 is 0. The molecule has 0 atom stereocenters. The number of hydrogen-bond donors (Lipinski definition) is 1. The van der Waals surface area contributed by atoms with Crippen molar-refractivity contribution in [2.75, 3.05) is 18.0 Å². The average Bonchev–Trinajstić information content (AvgIpc) is 3.13. The molecule has 50 heavy (non-hydrogen) atoms. The van der Waals surface area contributed by atoms with Crippen molar-refractivity contribution in [1.29, 1.82) is 0 Å². The molecule has 4 nitrogen and oxygen atoms in total. The molecule has 0 fully saturated rings. The van der Waals surface area contributed by atoms with Crippen LogP contribution >= 0.6 is 0 Å². The van der Waals surface area contributed by atoms with Crippen LogP contribution < -0.4 is 15.8 Å². The fraction of sp³-hybridized carbons (Fsp3) is 0.783. The minimum atomic E-state index is -0.766. The summed E-state index contributed by atoms with van der Waals surface area (Å²) in [6, 6.07) is 7.90. The fourth-order valence-electron chi connectivity index (χ4n) is 7.56. The maximum absolute atomic E-state index is 12.0. The second-order valence-electron chi connectivity index (χ2n) is 15.5. The van der Waals surface area contributed by atoms with Crippen molar-refractivity contribution in [3.8, 4) is 16.9 Å². The normalized spacial score (nSPS) is 11.6. The van der Waals surface area contributed by atoms with Gasteiger partial charge >= 0.3 is 0 Å². The molecule has 4 heteroatoms. The van der Waals surface area contributed by atoms with Crippen LogP contribution in [0.1, 0.15) is 219 Å². The highest BCUT2D eigenvalue weighted by Crippen LogP contribution is 2.27. The Kier molecular flexibility index (Phi) is 26.9. The van der Waals surface area contributed by atoms with E-state index in [1.807, 2.05) is 12.1 Å². The largest absolute Gasteiger partial charge is 0.503 e. The second kappa shape index (κ2) is 30.5. The van der Waals surface area contributed by atoms with Crippen LogP contribution in [0.5, 0.6) is 5.75 Å². The standard InChI is InChI=1S/C46H79NO3/c1-3-5-7-9-11-13-15-17-19-21-23-25-27-29-31-33-39-47(42-37-35-41(36-38-42)43-44(48)46(50)45(43)49)40-34-32-30-28-26-24-22-20-18-16-14-12-10-8-6-4-2/h35-38,48H,3-34,39-40H2,1-2H3. The fourth-order valence-corrected chi connectivity index (χ4v) is 7.56. The van der Waals surface area contributed by atoms with E-state index in [0.29, 0.717) is 5.56 Å². The number of benzene rings is 1. The van der Waals surface area contributed by atoms with Crippen LogP contribution in [0.2, 0.25) is 0 Å². The summed E-state index contributed by atoms with van der Waals surface area (Å²) in [6.07, 6.45) is 44.3. The van der Waals surface area contributed by atoms with Gasteiger partial charge in [-0.1, -0.05) is 219 Å². The van der Waals surface area contributed by atoms with Crippen molar-refractivity contribution >= 4 is 5.69 Å². The zero-order valence-corrected chi connectivity index (χ0v) is 33.1. The van der Waals surface area contributed by atoms with Gasteiger partial charge in [-0.2, -0.15) is 0 Å². The van der Waals surface area contributed by atoms with E-state index >= 15 is 0 Å². The van der Waals surface area contributed by atoms with Gasteiger partial charge in [0, 0.05) is 18.8 Å². The third kappa shape index (κ3) is 20.1. The molecule has 0 radical (unpaired) electrons. The predicted octanol–water partition coefficient (Wildman–Crippen LogP) is 14.0. The SMILES string of the molecule is CCCCCCCCCCCCCCCCCCN(CCCCCCCCCCCCCCCCCC)c1ccc(-c2c(O)c(=O)c2=O)cc1. The van der Waals surface area contributed by atoms with E-state index < -0.39 is 10.9 Å². The molecule has 0 aromatic heterocycles. The highest BCUT2D eigenvalue weighted by Gasteiger charge is 2.21.